The zero-order chi connectivity index (χ0) is 18.4. The van der Waals surface area contributed by atoms with Gasteiger partial charge >= 0.3 is 12.3 Å². The molecule has 0 amide bonds. The number of nitrogens with one attached hydrogen (secondary N) is 1. The van der Waals surface area contributed by atoms with E-state index in [0.717, 1.165) is 0 Å². The molecule has 5 nitrogen and oxygen atoms in total. The summed E-state index contributed by atoms with van der Waals surface area (Å²) in [6, 6.07) is 4.65. The van der Waals surface area contributed by atoms with Gasteiger partial charge in [-0.05, 0) is 36.5 Å². The maximum absolute atomic E-state index is 13.0. The lowest BCUT2D eigenvalue weighted by molar-refractivity contribution is -0.274. The monoisotopic (exact) mass is 357 g/mol. The van der Waals surface area contributed by atoms with Crippen molar-refractivity contribution < 1.29 is 32.6 Å². The van der Waals surface area contributed by atoms with E-state index in [9.17, 15) is 22.8 Å². The number of rotatable bonds is 5. The average molecular weight is 357 g/mol. The predicted molar refractivity (Wildman–Crippen MR) is 81.1 cm³/mol. The van der Waals surface area contributed by atoms with Gasteiger partial charge in [0.25, 0.3) is 0 Å². The molecule has 1 aliphatic carbocycles. The Labute approximate surface area is 142 Å². The summed E-state index contributed by atoms with van der Waals surface area (Å²) in [6.07, 6.45) is -3.92. The first kappa shape index (κ1) is 17.7. The largest absolute Gasteiger partial charge is 0.573 e. The van der Waals surface area contributed by atoms with Gasteiger partial charge in [-0.2, -0.15) is 0 Å². The fraction of sp³-hybridized carbons (Fsp3) is 0.529. The Morgan fingerprint density at radius 1 is 1.28 bits per heavy atom. The van der Waals surface area contributed by atoms with Gasteiger partial charge in [0.2, 0.25) is 0 Å². The van der Waals surface area contributed by atoms with E-state index in [1.165, 1.54) is 24.3 Å². The summed E-state index contributed by atoms with van der Waals surface area (Å²) >= 11 is 0. The zero-order valence-electron chi connectivity index (χ0n) is 13.5. The van der Waals surface area contributed by atoms with Crippen molar-refractivity contribution >= 4 is 11.8 Å². The van der Waals surface area contributed by atoms with Crippen LogP contribution in [0, 0.1) is 11.8 Å². The quantitative estimate of drug-likeness (QED) is 0.847. The Hall–Kier alpha value is -2.09. The van der Waals surface area contributed by atoms with Crippen molar-refractivity contribution in [3.8, 4) is 5.75 Å². The van der Waals surface area contributed by atoms with Gasteiger partial charge in [0.05, 0.1) is 5.41 Å². The molecule has 2 unspecified atom stereocenters. The lowest BCUT2D eigenvalue weighted by atomic mass is 9.81. The summed E-state index contributed by atoms with van der Waals surface area (Å²) in [7, 11) is 0. The summed E-state index contributed by atoms with van der Waals surface area (Å²) in [5.74, 6) is -1.70. The van der Waals surface area contributed by atoms with Crippen LogP contribution in [-0.2, 0) is 15.0 Å². The third-order valence-corrected chi connectivity index (χ3v) is 5.15. The van der Waals surface area contributed by atoms with Crippen molar-refractivity contribution in [3.05, 3.63) is 29.8 Å². The minimum Gasteiger partial charge on any atom is -0.480 e. The van der Waals surface area contributed by atoms with E-state index in [-0.39, 0.29) is 23.9 Å². The molecule has 8 heteroatoms. The van der Waals surface area contributed by atoms with E-state index in [2.05, 4.69) is 10.1 Å². The van der Waals surface area contributed by atoms with Crippen molar-refractivity contribution in [2.45, 2.75) is 37.6 Å². The van der Waals surface area contributed by atoms with E-state index in [1.807, 2.05) is 6.92 Å². The zero-order valence-corrected chi connectivity index (χ0v) is 13.5. The van der Waals surface area contributed by atoms with Crippen molar-refractivity contribution in [2.75, 3.05) is 6.54 Å². The second-order valence-corrected chi connectivity index (χ2v) is 6.74. The number of Topliss-reactive ketones (excluding diaryl/α,β-unsaturated/α-hetero) is 1. The summed E-state index contributed by atoms with van der Waals surface area (Å²) in [5.41, 5.74) is -0.0884. The lowest BCUT2D eigenvalue weighted by Crippen LogP contribution is -2.31. The van der Waals surface area contributed by atoms with Crippen LogP contribution in [0.4, 0.5) is 13.2 Å². The molecular formula is C17H18F3NO4. The van der Waals surface area contributed by atoms with Crippen LogP contribution < -0.4 is 10.1 Å². The number of carboxylic acid groups (broad SMARTS) is 1. The van der Waals surface area contributed by atoms with E-state index >= 15 is 0 Å². The van der Waals surface area contributed by atoms with Crippen LogP contribution in [0.5, 0.6) is 5.75 Å². The predicted octanol–water partition coefficient (Wildman–Crippen LogP) is 2.49. The number of halogens is 3. The number of alkyl halides is 3. The van der Waals surface area contributed by atoms with E-state index < -0.39 is 29.7 Å². The van der Waals surface area contributed by atoms with Crippen LogP contribution >= 0.6 is 0 Å². The smallest absolute Gasteiger partial charge is 0.480 e. The minimum atomic E-state index is -4.76. The Kier molecular flexibility index (Phi) is 4.26. The summed E-state index contributed by atoms with van der Waals surface area (Å²) in [6.45, 7) is 2.22. The van der Waals surface area contributed by atoms with Crippen LogP contribution in [-0.4, -0.2) is 35.8 Å². The molecule has 2 aliphatic rings. The molecule has 136 valence electrons. The van der Waals surface area contributed by atoms with Gasteiger partial charge in [0, 0.05) is 12.5 Å². The Morgan fingerprint density at radius 3 is 2.32 bits per heavy atom. The molecule has 1 aromatic carbocycles. The average Bonchev–Trinajstić information content (AvgIpc) is 2.96. The van der Waals surface area contributed by atoms with E-state index in [1.54, 1.807) is 0 Å². The van der Waals surface area contributed by atoms with Crippen LogP contribution in [0.25, 0.3) is 0 Å². The number of carbonyl (C=O) groups is 2. The highest BCUT2D eigenvalue weighted by Crippen LogP contribution is 2.56. The Morgan fingerprint density at radius 2 is 1.88 bits per heavy atom. The van der Waals surface area contributed by atoms with Gasteiger partial charge in [-0.25, -0.2) is 0 Å². The second-order valence-electron chi connectivity index (χ2n) is 6.74. The normalized spacial score (nSPS) is 31.6. The number of aliphatic carboxylic acids is 1. The molecule has 1 saturated carbocycles. The summed E-state index contributed by atoms with van der Waals surface area (Å²) < 4.78 is 40.6. The van der Waals surface area contributed by atoms with Crippen LogP contribution in [0.2, 0.25) is 0 Å². The third kappa shape index (κ3) is 3.35. The SMILES string of the molecule is CC1CC1(C(=O)[C@@H]1CN[C@H](C(=O)O)C1)c1ccc(OC(F)(F)F)cc1. The molecular weight excluding hydrogens is 339 g/mol. The summed E-state index contributed by atoms with van der Waals surface area (Å²) in [4.78, 5) is 24.0. The number of carbonyl (C=O) groups excluding carboxylic acids is 1. The molecule has 1 aromatic rings. The van der Waals surface area contributed by atoms with Crippen molar-refractivity contribution in [1.29, 1.82) is 0 Å². The maximum Gasteiger partial charge on any atom is 0.573 e. The van der Waals surface area contributed by atoms with Gasteiger partial charge in [0.15, 0.2) is 0 Å². The third-order valence-electron chi connectivity index (χ3n) is 5.15. The number of ether oxygens (including phenoxy) is 1. The molecule has 25 heavy (non-hydrogen) atoms. The molecule has 2 fully saturated rings. The maximum atomic E-state index is 13.0. The first-order chi connectivity index (χ1) is 11.6. The van der Waals surface area contributed by atoms with Crippen LogP contribution in [0.15, 0.2) is 24.3 Å². The fourth-order valence-electron chi connectivity index (χ4n) is 3.75. The highest BCUT2D eigenvalue weighted by atomic mass is 19.4. The fourth-order valence-corrected chi connectivity index (χ4v) is 3.75. The van der Waals surface area contributed by atoms with Gasteiger partial charge in [-0.15, -0.1) is 13.2 Å². The second kappa shape index (κ2) is 6.01. The van der Waals surface area contributed by atoms with E-state index in [0.29, 0.717) is 18.5 Å². The first-order valence-corrected chi connectivity index (χ1v) is 8.00. The van der Waals surface area contributed by atoms with Crippen LogP contribution in [0.1, 0.15) is 25.3 Å². The lowest BCUT2D eigenvalue weighted by Gasteiger charge is -2.20. The minimum absolute atomic E-state index is 0.0410. The molecule has 1 saturated heterocycles. The van der Waals surface area contributed by atoms with Crippen molar-refractivity contribution in [2.24, 2.45) is 11.8 Å². The number of hydrogen-bond acceptors (Lipinski definition) is 4. The molecule has 1 aliphatic heterocycles. The molecule has 0 radical (unpaired) electrons. The molecule has 0 spiro atoms. The highest BCUT2D eigenvalue weighted by Gasteiger charge is 2.60. The Balaban J connectivity index is 1.77. The van der Waals surface area contributed by atoms with Crippen molar-refractivity contribution in [3.63, 3.8) is 0 Å². The van der Waals surface area contributed by atoms with E-state index in [4.69, 9.17) is 5.11 Å². The molecule has 4 atom stereocenters. The number of hydrogen-bond donors (Lipinski definition) is 2. The molecule has 1 heterocycles. The Bertz CT molecular complexity index is 688. The number of carboxylic acids is 1. The molecule has 3 rings (SSSR count). The van der Waals surface area contributed by atoms with Gasteiger partial charge in [-0.3, -0.25) is 9.59 Å². The topological polar surface area (TPSA) is 75.6 Å². The molecule has 0 bridgehead atoms. The standard InChI is InChI=1S/C17H18F3NO4/c1-9-7-16(9,14(22)10-6-13(15(23)24)21-8-10)11-2-4-12(5-3-11)25-17(18,19)20/h2-5,9-10,13,21H,6-8H2,1H3,(H,23,24)/t9?,10-,13-,16?/m0/s1. The highest BCUT2D eigenvalue weighted by molar-refractivity contribution is 5.96. The number of benzene rings is 1. The first-order valence-electron chi connectivity index (χ1n) is 8.00. The molecule has 0 aromatic heterocycles. The van der Waals surface area contributed by atoms with Gasteiger partial charge in [0.1, 0.15) is 17.6 Å². The van der Waals surface area contributed by atoms with Crippen molar-refractivity contribution in [1.82, 2.24) is 5.32 Å². The van der Waals surface area contributed by atoms with Crippen LogP contribution in [0.3, 0.4) is 0 Å². The molecule has 2 N–H and O–H groups in total. The van der Waals surface area contributed by atoms with Gasteiger partial charge in [-0.1, -0.05) is 19.1 Å². The van der Waals surface area contributed by atoms with Gasteiger partial charge < -0.3 is 15.2 Å². The number of ketones is 1. The summed E-state index contributed by atoms with van der Waals surface area (Å²) in [5, 5.41) is 11.9.